The van der Waals surface area contributed by atoms with Gasteiger partial charge in [-0.25, -0.2) is 4.79 Å². The van der Waals surface area contributed by atoms with Crippen molar-refractivity contribution in [1.29, 1.82) is 0 Å². The molecule has 1 saturated heterocycles. The summed E-state index contributed by atoms with van der Waals surface area (Å²) in [6, 6.07) is 5.47. The summed E-state index contributed by atoms with van der Waals surface area (Å²) in [4.78, 5) is 30.4. The molecule has 3 rings (SSSR count). The topological polar surface area (TPSA) is 70.1 Å². The van der Waals surface area contributed by atoms with E-state index in [-0.39, 0.29) is 30.2 Å². The first kappa shape index (κ1) is 28.0. The zero-order valence-corrected chi connectivity index (χ0v) is 22.8. The number of terminal acetylenes is 1. The van der Waals surface area contributed by atoms with Crippen LogP contribution < -0.4 is 0 Å². The van der Waals surface area contributed by atoms with Crippen molar-refractivity contribution in [2.75, 3.05) is 13.1 Å². The molecule has 0 aromatic heterocycles. The smallest absolute Gasteiger partial charge is 0.410 e. The lowest BCUT2D eigenvalue weighted by Gasteiger charge is -2.40. The van der Waals surface area contributed by atoms with Crippen LogP contribution in [0.2, 0.25) is 10.0 Å². The van der Waals surface area contributed by atoms with Gasteiger partial charge in [-0.3, -0.25) is 4.79 Å². The Hall–Kier alpha value is -2.62. The van der Waals surface area contributed by atoms with Crippen molar-refractivity contribution in [2.24, 2.45) is 11.8 Å². The fourth-order valence-electron chi connectivity index (χ4n) is 4.41. The Kier molecular flexibility index (Phi) is 9.03. The Balaban J connectivity index is 1.95. The number of allylic oxidation sites excluding steroid dienone is 3. The fraction of sp³-hybridized carbons (Fsp3) is 0.500. The summed E-state index contributed by atoms with van der Waals surface area (Å²) in [7, 11) is 0. The summed E-state index contributed by atoms with van der Waals surface area (Å²) in [5.41, 5.74) is 0.641. The van der Waals surface area contributed by atoms with Crippen LogP contribution >= 0.6 is 23.2 Å². The molecule has 6 nitrogen and oxygen atoms in total. The maximum atomic E-state index is 14.1. The largest absolute Gasteiger partial charge is 0.508 e. The van der Waals surface area contributed by atoms with Gasteiger partial charge in [0.15, 0.2) is 0 Å². The van der Waals surface area contributed by atoms with Crippen molar-refractivity contribution in [2.45, 2.75) is 65.1 Å². The molecule has 0 radical (unpaired) electrons. The number of hydrogen-bond acceptors (Lipinski definition) is 4. The number of piperidine rings is 1. The molecule has 2 fully saturated rings. The number of likely N-dealkylation sites (tertiary alicyclic amines) is 1. The molecular weight excluding hydrogens is 499 g/mol. The van der Waals surface area contributed by atoms with E-state index in [1.807, 2.05) is 37.8 Å². The maximum absolute atomic E-state index is 14.1. The zero-order chi connectivity index (χ0) is 26.6. The maximum Gasteiger partial charge on any atom is 0.410 e. The number of carbonyl (C=O) groups is 2. The first-order valence-electron chi connectivity index (χ1n) is 12.2. The highest BCUT2D eigenvalue weighted by Gasteiger charge is 2.43. The van der Waals surface area contributed by atoms with Crippen LogP contribution in [0.3, 0.4) is 0 Å². The van der Waals surface area contributed by atoms with Crippen LogP contribution in [0.4, 0.5) is 4.79 Å². The average Bonchev–Trinajstić information content (AvgIpc) is 3.66. The Morgan fingerprint density at radius 3 is 2.53 bits per heavy atom. The third-order valence-electron chi connectivity index (χ3n) is 6.39. The minimum absolute atomic E-state index is 0.0356. The fourth-order valence-corrected chi connectivity index (χ4v) is 4.79. The Morgan fingerprint density at radius 2 is 1.94 bits per heavy atom. The van der Waals surface area contributed by atoms with Crippen LogP contribution in [0.1, 0.15) is 52.5 Å². The molecule has 1 aliphatic heterocycles. The van der Waals surface area contributed by atoms with E-state index in [2.05, 4.69) is 5.92 Å². The van der Waals surface area contributed by atoms with Crippen LogP contribution in [0.5, 0.6) is 0 Å². The van der Waals surface area contributed by atoms with E-state index in [1.54, 1.807) is 24.0 Å². The molecule has 0 spiro atoms. The second kappa shape index (κ2) is 11.6. The van der Waals surface area contributed by atoms with Gasteiger partial charge in [0, 0.05) is 37.2 Å². The standard InChI is InChI=1S/C28H34Cl2N2O4/c1-6-18(15-21(33)7-2)22-13-14-31(27(35)36-28(3,4)5)17-23(22)26(34)32(20-11-12-20)16-19-9-8-10-24(29)25(19)30/h1,7-10,15,20,22-23,33H,11-14,16-17H2,2-5H3/b18-15+,21-7+/t22-,23+/m1/s1. The number of hydrogen-bond donors (Lipinski definition) is 1. The Bertz CT molecular complexity index is 1100. The molecule has 0 unspecified atom stereocenters. The first-order chi connectivity index (χ1) is 16.9. The number of carbonyl (C=O) groups excluding carboxylic acids is 2. The van der Waals surface area contributed by atoms with Gasteiger partial charge in [-0.1, -0.05) is 41.3 Å². The quantitative estimate of drug-likeness (QED) is 0.262. The molecule has 36 heavy (non-hydrogen) atoms. The van der Waals surface area contributed by atoms with Gasteiger partial charge >= 0.3 is 6.09 Å². The van der Waals surface area contributed by atoms with E-state index in [9.17, 15) is 14.7 Å². The molecule has 1 aliphatic carbocycles. The van der Waals surface area contributed by atoms with E-state index in [4.69, 9.17) is 34.4 Å². The number of ether oxygens (including phenoxy) is 1. The molecule has 1 saturated carbocycles. The van der Waals surface area contributed by atoms with E-state index in [1.165, 1.54) is 6.08 Å². The number of aliphatic hydroxyl groups excluding tert-OH is 1. The number of aliphatic hydroxyl groups is 1. The Morgan fingerprint density at radius 1 is 1.25 bits per heavy atom. The van der Waals surface area contributed by atoms with Gasteiger partial charge in [-0.15, -0.1) is 6.42 Å². The molecule has 1 heterocycles. The summed E-state index contributed by atoms with van der Waals surface area (Å²) >= 11 is 12.7. The summed E-state index contributed by atoms with van der Waals surface area (Å²) in [6.45, 7) is 8.00. The molecule has 2 amide bonds. The van der Waals surface area contributed by atoms with Crippen LogP contribution in [-0.2, 0) is 16.1 Å². The lowest BCUT2D eigenvalue weighted by Crippen LogP contribution is -2.52. The number of benzene rings is 1. The second-order valence-corrected chi connectivity index (χ2v) is 11.1. The number of nitrogens with zero attached hydrogens (tertiary/aromatic N) is 2. The van der Waals surface area contributed by atoms with Crippen LogP contribution in [0, 0.1) is 24.2 Å². The van der Waals surface area contributed by atoms with Crippen LogP contribution in [-0.4, -0.2) is 51.6 Å². The molecule has 8 heteroatoms. The van der Waals surface area contributed by atoms with Crippen LogP contribution in [0.15, 0.2) is 41.7 Å². The zero-order valence-electron chi connectivity index (χ0n) is 21.3. The molecular formula is C28H34Cl2N2O4. The van der Waals surface area contributed by atoms with Crippen molar-refractivity contribution >= 4 is 35.2 Å². The molecule has 1 aromatic rings. The molecule has 1 aromatic carbocycles. The summed E-state index contributed by atoms with van der Waals surface area (Å²) in [5, 5.41) is 11.0. The van der Waals surface area contributed by atoms with Gasteiger partial charge in [0.2, 0.25) is 5.91 Å². The van der Waals surface area contributed by atoms with Gasteiger partial charge in [0.1, 0.15) is 11.4 Å². The predicted octanol–water partition coefficient (Wildman–Crippen LogP) is 6.38. The minimum atomic E-state index is -0.654. The summed E-state index contributed by atoms with van der Waals surface area (Å²) in [5.74, 6) is 1.67. The normalized spacial score (nSPS) is 21.1. The molecule has 2 aliphatic rings. The summed E-state index contributed by atoms with van der Waals surface area (Å²) < 4.78 is 5.58. The third kappa shape index (κ3) is 6.99. The van der Waals surface area contributed by atoms with Crippen LogP contribution in [0.25, 0.3) is 0 Å². The van der Waals surface area contributed by atoms with Gasteiger partial charge in [-0.2, -0.15) is 0 Å². The highest BCUT2D eigenvalue weighted by Crippen LogP contribution is 2.37. The van der Waals surface area contributed by atoms with Gasteiger partial charge in [0.05, 0.1) is 16.0 Å². The monoisotopic (exact) mass is 532 g/mol. The van der Waals surface area contributed by atoms with Crippen molar-refractivity contribution < 1.29 is 19.4 Å². The number of rotatable bonds is 6. The second-order valence-electron chi connectivity index (χ2n) is 10.3. The van der Waals surface area contributed by atoms with Crippen molar-refractivity contribution in [3.63, 3.8) is 0 Å². The van der Waals surface area contributed by atoms with Gasteiger partial charge < -0.3 is 19.6 Å². The third-order valence-corrected chi connectivity index (χ3v) is 7.25. The SMILES string of the molecule is C#C/C(=C\C(O)=C/C)[C@H]1CCN(C(=O)OC(C)(C)C)C[C@@H]1C(=O)N(Cc1cccc(Cl)c1Cl)C1CC1. The predicted molar refractivity (Wildman–Crippen MR) is 143 cm³/mol. The van der Waals surface area contributed by atoms with Gasteiger partial charge in [0.25, 0.3) is 0 Å². The van der Waals surface area contributed by atoms with E-state index in [0.717, 1.165) is 18.4 Å². The summed E-state index contributed by atoms with van der Waals surface area (Å²) in [6.07, 6.45) is 10.7. The van der Waals surface area contributed by atoms with Crippen molar-refractivity contribution in [3.8, 4) is 12.3 Å². The van der Waals surface area contributed by atoms with E-state index in [0.29, 0.717) is 35.1 Å². The molecule has 1 N–H and O–H groups in total. The lowest BCUT2D eigenvalue weighted by molar-refractivity contribution is -0.140. The minimum Gasteiger partial charge on any atom is -0.508 e. The molecule has 194 valence electrons. The highest BCUT2D eigenvalue weighted by atomic mass is 35.5. The number of halogens is 2. The lowest BCUT2D eigenvalue weighted by atomic mass is 9.79. The number of amides is 2. The van der Waals surface area contributed by atoms with Crippen molar-refractivity contribution in [1.82, 2.24) is 9.80 Å². The molecule has 0 bridgehead atoms. The van der Waals surface area contributed by atoms with E-state index >= 15 is 0 Å². The Labute approximate surface area is 223 Å². The van der Waals surface area contributed by atoms with Crippen molar-refractivity contribution in [3.05, 3.63) is 57.3 Å². The first-order valence-corrected chi connectivity index (χ1v) is 13.0. The highest BCUT2D eigenvalue weighted by molar-refractivity contribution is 6.42. The van der Waals surface area contributed by atoms with E-state index < -0.39 is 17.6 Å². The average molecular weight is 533 g/mol. The van der Waals surface area contributed by atoms with Gasteiger partial charge in [-0.05, 0) is 70.7 Å². The molecule has 2 atom stereocenters.